The Balaban J connectivity index is 0.000000481. The van der Waals surface area contributed by atoms with Gasteiger partial charge in [-0.15, -0.1) is 0 Å². The number of hydrogen-bond donors (Lipinski definition) is 2. The number of para-hydroxylation sites is 2. The fourth-order valence-electron chi connectivity index (χ4n) is 4.62. The number of amides is 1. The molecule has 1 amide bonds. The Bertz CT molecular complexity index is 996. The predicted octanol–water partition coefficient (Wildman–Crippen LogP) is 3.40. The molecule has 0 aromatic heterocycles. The Morgan fingerprint density at radius 1 is 1.00 bits per heavy atom. The molecule has 2 aliphatic rings. The number of carbonyl (C=O) groups is 3. The minimum atomic E-state index is -1.82. The highest BCUT2D eigenvalue weighted by Gasteiger charge is 2.26. The van der Waals surface area contributed by atoms with Crippen molar-refractivity contribution >= 4 is 23.5 Å². The molecule has 8 nitrogen and oxygen atoms in total. The highest BCUT2D eigenvalue weighted by molar-refractivity contribution is 6.27. The molecule has 34 heavy (non-hydrogen) atoms. The number of benzene rings is 2. The van der Waals surface area contributed by atoms with Gasteiger partial charge < -0.3 is 24.7 Å². The molecule has 2 aliphatic heterocycles. The number of nitrogens with zero attached hydrogens (tertiary/aromatic N) is 2. The van der Waals surface area contributed by atoms with Gasteiger partial charge in [0.05, 0.1) is 7.11 Å². The van der Waals surface area contributed by atoms with Crippen molar-refractivity contribution in [3.63, 3.8) is 0 Å². The molecule has 1 unspecified atom stereocenters. The van der Waals surface area contributed by atoms with E-state index in [9.17, 15) is 4.79 Å². The maximum absolute atomic E-state index is 12.4. The van der Waals surface area contributed by atoms with Crippen LogP contribution in [0.3, 0.4) is 0 Å². The Kier molecular flexibility index (Phi) is 9.04. The van der Waals surface area contributed by atoms with Crippen molar-refractivity contribution in [3.8, 4) is 5.75 Å². The van der Waals surface area contributed by atoms with Crippen molar-refractivity contribution in [3.05, 3.63) is 59.7 Å². The second-order valence-corrected chi connectivity index (χ2v) is 8.52. The lowest BCUT2D eigenvalue weighted by Crippen LogP contribution is -2.36. The first kappa shape index (κ1) is 25.2. The summed E-state index contributed by atoms with van der Waals surface area (Å²) in [4.78, 5) is 35.1. The van der Waals surface area contributed by atoms with Gasteiger partial charge in [-0.25, -0.2) is 9.59 Å². The Morgan fingerprint density at radius 2 is 1.71 bits per heavy atom. The summed E-state index contributed by atoms with van der Waals surface area (Å²) in [6, 6.07) is 16.8. The zero-order valence-corrected chi connectivity index (χ0v) is 19.5. The number of piperidine rings is 1. The average molecular weight is 469 g/mol. The number of methoxy groups -OCH3 is 1. The standard InChI is InChI=1S/C24H30N2O2.C2H2O4/c1-28-23-11-5-3-9-21(23)20-14-17-25(18-20)16-13-19-8-2-4-10-22(19)26-15-7-6-12-24(26)27;3-1(4)2(5)6/h2-5,8-11,20H,6-7,12-18H2,1H3;(H,3,4)(H,5,6). The zero-order chi connectivity index (χ0) is 24.5. The lowest BCUT2D eigenvalue weighted by molar-refractivity contribution is -0.159. The fraction of sp³-hybridized carbons (Fsp3) is 0.423. The molecule has 2 fully saturated rings. The summed E-state index contributed by atoms with van der Waals surface area (Å²) in [6.07, 6.45) is 4.97. The summed E-state index contributed by atoms with van der Waals surface area (Å²) in [5, 5.41) is 14.8. The molecule has 4 rings (SSSR count). The van der Waals surface area contributed by atoms with Crippen LogP contribution in [0.5, 0.6) is 5.75 Å². The number of carbonyl (C=O) groups excluding carboxylic acids is 1. The molecule has 8 heteroatoms. The lowest BCUT2D eigenvalue weighted by atomic mass is 9.97. The van der Waals surface area contributed by atoms with E-state index < -0.39 is 11.9 Å². The fourth-order valence-corrected chi connectivity index (χ4v) is 4.62. The molecule has 2 heterocycles. The first-order valence-electron chi connectivity index (χ1n) is 11.6. The van der Waals surface area contributed by atoms with Crippen molar-refractivity contribution < 1.29 is 29.3 Å². The zero-order valence-electron chi connectivity index (χ0n) is 19.5. The Morgan fingerprint density at radius 3 is 2.41 bits per heavy atom. The van der Waals surface area contributed by atoms with Gasteiger partial charge in [-0.05, 0) is 55.5 Å². The van der Waals surface area contributed by atoms with Crippen LogP contribution < -0.4 is 9.64 Å². The number of rotatable bonds is 6. The van der Waals surface area contributed by atoms with Crippen LogP contribution in [0.4, 0.5) is 5.69 Å². The van der Waals surface area contributed by atoms with E-state index in [2.05, 4.69) is 41.3 Å². The normalized spacial score (nSPS) is 18.2. The largest absolute Gasteiger partial charge is 0.496 e. The van der Waals surface area contributed by atoms with Gasteiger partial charge in [-0.1, -0.05) is 36.4 Å². The van der Waals surface area contributed by atoms with E-state index in [1.165, 1.54) is 17.5 Å². The Labute approximate surface area is 199 Å². The predicted molar refractivity (Wildman–Crippen MR) is 128 cm³/mol. The molecule has 0 radical (unpaired) electrons. The van der Waals surface area contributed by atoms with Crippen LogP contribution in [0.1, 0.15) is 42.7 Å². The van der Waals surface area contributed by atoms with Crippen molar-refractivity contribution in [2.75, 3.05) is 38.2 Å². The molecule has 182 valence electrons. The smallest absolute Gasteiger partial charge is 0.414 e. The summed E-state index contributed by atoms with van der Waals surface area (Å²) >= 11 is 0. The number of anilines is 1. The third-order valence-electron chi connectivity index (χ3n) is 6.34. The number of carboxylic acid groups (broad SMARTS) is 2. The number of ether oxygens (including phenoxy) is 1. The van der Waals surface area contributed by atoms with Crippen molar-refractivity contribution in [1.82, 2.24) is 4.90 Å². The number of carboxylic acids is 2. The molecule has 2 aromatic carbocycles. The summed E-state index contributed by atoms with van der Waals surface area (Å²) in [7, 11) is 1.75. The van der Waals surface area contributed by atoms with E-state index in [-0.39, 0.29) is 5.91 Å². The van der Waals surface area contributed by atoms with Crippen LogP contribution in [-0.2, 0) is 20.8 Å². The first-order valence-corrected chi connectivity index (χ1v) is 11.6. The van der Waals surface area contributed by atoms with E-state index in [4.69, 9.17) is 24.5 Å². The van der Waals surface area contributed by atoms with E-state index >= 15 is 0 Å². The maximum Gasteiger partial charge on any atom is 0.414 e. The topological polar surface area (TPSA) is 107 Å². The molecule has 0 saturated carbocycles. The summed E-state index contributed by atoms with van der Waals surface area (Å²) in [6.45, 7) is 4.08. The average Bonchev–Trinajstić information content (AvgIpc) is 3.32. The third-order valence-corrected chi connectivity index (χ3v) is 6.34. The number of hydrogen-bond acceptors (Lipinski definition) is 5. The van der Waals surface area contributed by atoms with E-state index in [0.717, 1.165) is 56.9 Å². The molecule has 0 aliphatic carbocycles. The monoisotopic (exact) mass is 468 g/mol. The Hall–Kier alpha value is -3.39. The minimum absolute atomic E-state index is 0.274. The maximum atomic E-state index is 12.4. The second-order valence-electron chi connectivity index (χ2n) is 8.52. The van der Waals surface area contributed by atoms with Crippen LogP contribution in [0.15, 0.2) is 48.5 Å². The molecular formula is C26H32N2O6. The van der Waals surface area contributed by atoms with Crippen molar-refractivity contribution in [2.24, 2.45) is 0 Å². The van der Waals surface area contributed by atoms with Crippen LogP contribution in [0, 0.1) is 0 Å². The van der Waals surface area contributed by atoms with Crippen molar-refractivity contribution in [1.29, 1.82) is 0 Å². The van der Waals surface area contributed by atoms with Gasteiger partial charge in [0.25, 0.3) is 0 Å². The molecule has 2 N–H and O–H groups in total. The van der Waals surface area contributed by atoms with Crippen LogP contribution in [0.2, 0.25) is 0 Å². The molecule has 0 spiro atoms. The third kappa shape index (κ3) is 6.57. The molecule has 1 atom stereocenters. The summed E-state index contributed by atoms with van der Waals surface area (Å²) in [5.41, 5.74) is 3.73. The quantitative estimate of drug-likeness (QED) is 0.626. The molecule has 2 aromatic rings. The number of aliphatic carboxylic acids is 2. The van der Waals surface area contributed by atoms with Crippen molar-refractivity contribution in [2.45, 2.75) is 38.0 Å². The molecule has 2 saturated heterocycles. The minimum Gasteiger partial charge on any atom is -0.496 e. The van der Waals surface area contributed by atoms with Crippen LogP contribution in [-0.4, -0.2) is 66.2 Å². The second kappa shape index (κ2) is 12.2. The van der Waals surface area contributed by atoms with Gasteiger partial charge in [-0.3, -0.25) is 4.79 Å². The molecular weight excluding hydrogens is 436 g/mol. The van der Waals surface area contributed by atoms with E-state index in [0.29, 0.717) is 12.3 Å². The van der Waals surface area contributed by atoms with E-state index in [1.54, 1.807) is 7.11 Å². The SMILES string of the molecule is COc1ccccc1C1CCN(CCc2ccccc2N2CCCCC2=O)C1.O=C(O)C(=O)O. The summed E-state index contributed by atoms with van der Waals surface area (Å²) < 4.78 is 5.56. The van der Waals surface area contributed by atoms with Crippen LogP contribution in [0.25, 0.3) is 0 Å². The first-order chi connectivity index (χ1) is 16.4. The number of likely N-dealkylation sites (tertiary alicyclic amines) is 1. The highest BCUT2D eigenvalue weighted by atomic mass is 16.5. The van der Waals surface area contributed by atoms with Gasteiger partial charge in [0.1, 0.15) is 5.75 Å². The van der Waals surface area contributed by atoms with Gasteiger partial charge in [0.2, 0.25) is 5.91 Å². The highest BCUT2D eigenvalue weighted by Crippen LogP contribution is 2.33. The lowest BCUT2D eigenvalue weighted by Gasteiger charge is -2.29. The van der Waals surface area contributed by atoms with Crippen LogP contribution >= 0.6 is 0 Å². The van der Waals surface area contributed by atoms with Gasteiger partial charge in [0.15, 0.2) is 0 Å². The van der Waals surface area contributed by atoms with Gasteiger partial charge in [0, 0.05) is 37.7 Å². The molecule has 0 bridgehead atoms. The van der Waals surface area contributed by atoms with E-state index in [1.807, 2.05) is 17.0 Å². The summed E-state index contributed by atoms with van der Waals surface area (Å²) in [5.74, 6) is -1.83. The van der Waals surface area contributed by atoms with Gasteiger partial charge in [-0.2, -0.15) is 0 Å². The van der Waals surface area contributed by atoms with Gasteiger partial charge >= 0.3 is 11.9 Å².